The van der Waals surface area contributed by atoms with Crippen LogP contribution in [0.1, 0.15) is 51.0 Å². The number of aromatic hydroxyl groups is 1. The summed E-state index contributed by atoms with van der Waals surface area (Å²) < 4.78 is 5.09. The molecule has 0 aromatic heterocycles. The van der Waals surface area contributed by atoms with Crippen LogP contribution in [0.4, 0.5) is 0 Å². The Balaban J connectivity index is 2.27. The maximum Gasteiger partial charge on any atom is 0.162 e. The molecule has 1 rings (SSSR count). The molecule has 0 aliphatic heterocycles. The Hall–Kier alpha value is -0.930. The van der Waals surface area contributed by atoms with Gasteiger partial charge in [-0.3, -0.25) is 0 Å². The van der Waals surface area contributed by atoms with Crippen LogP contribution in [-0.4, -0.2) is 18.8 Å². The smallest absolute Gasteiger partial charge is 0.162 e. The van der Waals surface area contributed by atoms with Crippen molar-refractivity contribution in [2.24, 2.45) is 0 Å². The quantitative estimate of drug-likeness (QED) is 0.625. The Morgan fingerprint density at radius 1 is 1.15 bits per heavy atom. The van der Waals surface area contributed by atoms with E-state index in [1.165, 1.54) is 45.6 Å². The number of phenols is 1. The van der Waals surface area contributed by atoms with Crippen molar-refractivity contribution in [1.29, 1.82) is 0 Å². The molecule has 2 N–H and O–H groups in total. The van der Waals surface area contributed by atoms with E-state index in [4.69, 9.17) is 16.3 Å². The van der Waals surface area contributed by atoms with E-state index in [-0.39, 0.29) is 5.75 Å². The highest BCUT2D eigenvalue weighted by Gasteiger charge is 2.09. The summed E-state index contributed by atoms with van der Waals surface area (Å²) in [5, 5.41) is 13.9. The molecule has 20 heavy (non-hydrogen) atoms. The third-order valence-electron chi connectivity index (χ3n) is 3.36. The number of hydrogen-bond donors (Lipinski definition) is 2. The molecule has 1 aromatic carbocycles. The maximum atomic E-state index is 9.99. The third-order valence-corrected chi connectivity index (χ3v) is 3.58. The summed E-state index contributed by atoms with van der Waals surface area (Å²) in [6, 6.07) is 3.39. The summed E-state index contributed by atoms with van der Waals surface area (Å²) in [7, 11) is 1.53. The highest BCUT2D eigenvalue weighted by molar-refractivity contribution is 6.30. The van der Waals surface area contributed by atoms with Crippen molar-refractivity contribution in [2.45, 2.75) is 52.0 Å². The summed E-state index contributed by atoms with van der Waals surface area (Å²) in [6.07, 6.45) is 7.70. The van der Waals surface area contributed by atoms with Gasteiger partial charge in [0.05, 0.1) is 7.11 Å². The molecule has 0 fully saturated rings. The fraction of sp³-hybridized carbons (Fsp3) is 0.625. The zero-order chi connectivity index (χ0) is 14.8. The van der Waals surface area contributed by atoms with Crippen LogP contribution in [0.15, 0.2) is 12.1 Å². The van der Waals surface area contributed by atoms with Crippen molar-refractivity contribution in [3.63, 3.8) is 0 Å². The lowest BCUT2D eigenvalue weighted by Crippen LogP contribution is -2.14. The number of benzene rings is 1. The largest absolute Gasteiger partial charge is 0.504 e. The van der Waals surface area contributed by atoms with E-state index in [0.717, 1.165) is 12.1 Å². The van der Waals surface area contributed by atoms with E-state index in [0.29, 0.717) is 17.3 Å². The number of ether oxygens (including phenoxy) is 1. The normalized spacial score (nSPS) is 10.8. The van der Waals surface area contributed by atoms with Crippen LogP contribution < -0.4 is 10.1 Å². The van der Waals surface area contributed by atoms with Gasteiger partial charge in [0, 0.05) is 23.2 Å². The minimum absolute atomic E-state index is 0.173. The van der Waals surface area contributed by atoms with E-state index in [1.54, 1.807) is 12.1 Å². The molecule has 0 spiro atoms. The highest BCUT2D eigenvalue weighted by Crippen LogP contribution is 2.33. The van der Waals surface area contributed by atoms with Gasteiger partial charge in [0.1, 0.15) is 0 Å². The summed E-state index contributed by atoms with van der Waals surface area (Å²) in [6.45, 7) is 3.80. The van der Waals surface area contributed by atoms with Crippen molar-refractivity contribution < 1.29 is 9.84 Å². The second-order valence-electron chi connectivity index (χ2n) is 5.06. The average Bonchev–Trinajstić information content (AvgIpc) is 2.44. The van der Waals surface area contributed by atoms with E-state index in [9.17, 15) is 5.11 Å². The van der Waals surface area contributed by atoms with Crippen LogP contribution in [0.25, 0.3) is 0 Å². The molecule has 0 unspecified atom stereocenters. The second kappa shape index (κ2) is 9.89. The fourth-order valence-electron chi connectivity index (χ4n) is 2.17. The number of unbranched alkanes of at least 4 members (excludes halogenated alkanes) is 5. The van der Waals surface area contributed by atoms with Crippen LogP contribution in [0, 0.1) is 0 Å². The van der Waals surface area contributed by atoms with Gasteiger partial charge in [0.25, 0.3) is 0 Å². The summed E-state index contributed by atoms with van der Waals surface area (Å²) in [5.74, 6) is 0.598. The molecule has 0 aliphatic rings. The number of rotatable bonds is 10. The SMILES string of the molecule is CCCCCCCCNCc1cc(Cl)cc(OC)c1O. The predicted octanol–water partition coefficient (Wildman–Crippen LogP) is 4.50. The van der Waals surface area contributed by atoms with Gasteiger partial charge in [-0.2, -0.15) is 0 Å². The molecule has 0 aliphatic carbocycles. The van der Waals surface area contributed by atoms with Gasteiger partial charge in [0.15, 0.2) is 11.5 Å². The van der Waals surface area contributed by atoms with E-state index < -0.39 is 0 Å². The number of hydrogen-bond acceptors (Lipinski definition) is 3. The monoisotopic (exact) mass is 299 g/mol. The topological polar surface area (TPSA) is 41.5 Å². The number of phenolic OH excluding ortho intramolecular Hbond substituents is 1. The zero-order valence-electron chi connectivity index (χ0n) is 12.5. The molecule has 3 nitrogen and oxygen atoms in total. The number of halogens is 1. The molecule has 0 heterocycles. The average molecular weight is 300 g/mol. The molecule has 0 amide bonds. The minimum atomic E-state index is 0.173. The van der Waals surface area contributed by atoms with Crippen molar-refractivity contribution in [1.82, 2.24) is 5.32 Å². The fourth-order valence-corrected chi connectivity index (χ4v) is 2.40. The highest BCUT2D eigenvalue weighted by atomic mass is 35.5. The van der Waals surface area contributed by atoms with Gasteiger partial charge in [0.2, 0.25) is 0 Å². The first kappa shape index (κ1) is 17.1. The van der Waals surface area contributed by atoms with Crippen molar-refractivity contribution in [3.05, 3.63) is 22.7 Å². The summed E-state index contributed by atoms with van der Waals surface area (Å²) in [4.78, 5) is 0. The van der Waals surface area contributed by atoms with Gasteiger partial charge in [-0.15, -0.1) is 0 Å². The van der Waals surface area contributed by atoms with Gasteiger partial charge < -0.3 is 15.2 Å². The Morgan fingerprint density at radius 2 is 1.85 bits per heavy atom. The second-order valence-corrected chi connectivity index (χ2v) is 5.50. The molecule has 0 atom stereocenters. The Kier molecular flexibility index (Phi) is 8.47. The molecule has 114 valence electrons. The standard InChI is InChI=1S/C16H26ClNO2/c1-3-4-5-6-7-8-9-18-12-13-10-14(17)11-15(20-2)16(13)19/h10-11,18-19H,3-9,12H2,1-2H3. The number of methoxy groups -OCH3 is 1. The minimum Gasteiger partial charge on any atom is -0.504 e. The van der Waals surface area contributed by atoms with Crippen LogP contribution in [0.5, 0.6) is 11.5 Å². The van der Waals surface area contributed by atoms with E-state index in [1.807, 2.05) is 0 Å². The molecule has 0 saturated heterocycles. The molecular weight excluding hydrogens is 274 g/mol. The van der Waals surface area contributed by atoms with Gasteiger partial charge in [-0.25, -0.2) is 0 Å². The molecule has 0 saturated carbocycles. The first-order valence-electron chi connectivity index (χ1n) is 7.45. The van der Waals surface area contributed by atoms with Crippen molar-refractivity contribution in [3.8, 4) is 11.5 Å². The lowest BCUT2D eigenvalue weighted by molar-refractivity contribution is 0.369. The van der Waals surface area contributed by atoms with Crippen LogP contribution in [0.3, 0.4) is 0 Å². The van der Waals surface area contributed by atoms with Crippen molar-refractivity contribution >= 4 is 11.6 Å². The molecule has 0 radical (unpaired) electrons. The lowest BCUT2D eigenvalue weighted by atomic mass is 10.1. The van der Waals surface area contributed by atoms with E-state index >= 15 is 0 Å². The number of nitrogens with one attached hydrogen (secondary N) is 1. The maximum absolute atomic E-state index is 9.99. The van der Waals surface area contributed by atoms with Gasteiger partial charge in [-0.05, 0) is 19.0 Å². The molecular formula is C16H26ClNO2. The molecule has 1 aromatic rings. The molecule has 4 heteroatoms. The predicted molar refractivity (Wildman–Crippen MR) is 84.8 cm³/mol. The molecule has 0 bridgehead atoms. The Labute approximate surface area is 127 Å². The van der Waals surface area contributed by atoms with Crippen molar-refractivity contribution in [2.75, 3.05) is 13.7 Å². The third kappa shape index (κ3) is 6.02. The van der Waals surface area contributed by atoms with Gasteiger partial charge in [-0.1, -0.05) is 50.6 Å². The lowest BCUT2D eigenvalue weighted by Gasteiger charge is -2.11. The zero-order valence-corrected chi connectivity index (χ0v) is 13.3. The van der Waals surface area contributed by atoms with Crippen LogP contribution in [-0.2, 0) is 6.54 Å². The Morgan fingerprint density at radius 3 is 2.55 bits per heavy atom. The summed E-state index contributed by atoms with van der Waals surface area (Å²) >= 11 is 5.99. The summed E-state index contributed by atoms with van der Waals surface area (Å²) in [5.41, 5.74) is 0.778. The first-order chi connectivity index (χ1) is 9.69. The van der Waals surface area contributed by atoms with Crippen LogP contribution >= 0.6 is 11.6 Å². The first-order valence-corrected chi connectivity index (χ1v) is 7.83. The van der Waals surface area contributed by atoms with E-state index in [2.05, 4.69) is 12.2 Å². The van der Waals surface area contributed by atoms with Gasteiger partial charge >= 0.3 is 0 Å². The van der Waals surface area contributed by atoms with Crippen LogP contribution in [0.2, 0.25) is 5.02 Å². The Bertz CT molecular complexity index is 396.